The summed E-state index contributed by atoms with van der Waals surface area (Å²) in [5.41, 5.74) is 1.04. The zero-order valence-electron chi connectivity index (χ0n) is 17.5. The molecule has 0 unspecified atom stereocenters. The van der Waals surface area contributed by atoms with Crippen LogP contribution in [0.5, 0.6) is 0 Å². The summed E-state index contributed by atoms with van der Waals surface area (Å²) in [6, 6.07) is 10.7. The summed E-state index contributed by atoms with van der Waals surface area (Å²) >= 11 is 12.1. The van der Waals surface area contributed by atoms with Crippen molar-refractivity contribution in [1.82, 2.24) is 10.2 Å². The Hall–Kier alpha value is -2.11. The zero-order valence-corrected chi connectivity index (χ0v) is 19.1. The van der Waals surface area contributed by atoms with Gasteiger partial charge in [-0.25, -0.2) is 4.39 Å². The van der Waals surface area contributed by atoms with Crippen molar-refractivity contribution in [3.8, 4) is 0 Å². The fraction of sp³-hybridized carbons (Fsp3) is 0.417. The molecule has 0 aliphatic heterocycles. The van der Waals surface area contributed by atoms with Gasteiger partial charge in [-0.1, -0.05) is 66.7 Å². The largest absolute Gasteiger partial charge is 0.352 e. The average Bonchev–Trinajstić information content (AvgIpc) is 2.76. The number of nitrogens with zero attached hydrogens (tertiary/aromatic N) is 1. The second kappa shape index (κ2) is 11.0. The lowest BCUT2D eigenvalue weighted by Gasteiger charge is -2.31. The number of hydrogen-bond donors (Lipinski definition) is 1. The van der Waals surface area contributed by atoms with Gasteiger partial charge in [0.15, 0.2) is 0 Å². The molecule has 0 bridgehead atoms. The lowest BCUT2D eigenvalue weighted by molar-refractivity contribution is -0.140. The maximum atomic E-state index is 14.1. The highest BCUT2D eigenvalue weighted by Gasteiger charge is 2.28. The molecule has 1 atom stereocenters. The van der Waals surface area contributed by atoms with E-state index in [0.29, 0.717) is 15.6 Å². The van der Waals surface area contributed by atoms with Crippen LogP contribution >= 0.6 is 23.2 Å². The summed E-state index contributed by atoms with van der Waals surface area (Å²) in [6.07, 6.45) is 5.15. The minimum Gasteiger partial charge on any atom is -0.352 e. The molecule has 1 aliphatic rings. The second-order valence-electron chi connectivity index (χ2n) is 8.06. The molecule has 4 nitrogen and oxygen atoms in total. The van der Waals surface area contributed by atoms with Crippen LogP contribution in [0, 0.1) is 5.82 Å². The van der Waals surface area contributed by atoms with Gasteiger partial charge in [0.2, 0.25) is 11.8 Å². The van der Waals surface area contributed by atoms with Gasteiger partial charge in [0.05, 0.1) is 16.5 Å². The highest BCUT2D eigenvalue weighted by molar-refractivity contribution is 6.42. The molecule has 3 rings (SSSR count). The highest BCUT2D eigenvalue weighted by atomic mass is 35.5. The summed E-state index contributed by atoms with van der Waals surface area (Å²) in [4.78, 5) is 27.6. The molecule has 0 spiro atoms. The smallest absolute Gasteiger partial charge is 0.242 e. The molecule has 2 amide bonds. The van der Waals surface area contributed by atoms with Crippen molar-refractivity contribution < 1.29 is 14.0 Å². The van der Waals surface area contributed by atoms with Gasteiger partial charge < -0.3 is 10.2 Å². The number of nitrogens with one attached hydrogen (secondary N) is 1. The van der Waals surface area contributed by atoms with E-state index in [2.05, 4.69) is 5.32 Å². The number of carbonyl (C=O) groups excluding carboxylic acids is 2. The van der Waals surface area contributed by atoms with Gasteiger partial charge in [0.25, 0.3) is 0 Å². The SMILES string of the molecule is C[C@@H](C(=O)NC1CCCCC1)N(Cc1ccc(Cl)c(Cl)c1)C(=O)Cc1ccccc1F. The summed E-state index contributed by atoms with van der Waals surface area (Å²) in [7, 11) is 0. The molecule has 2 aromatic carbocycles. The Morgan fingerprint density at radius 2 is 1.81 bits per heavy atom. The summed E-state index contributed by atoms with van der Waals surface area (Å²) < 4.78 is 14.1. The molecule has 7 heteroatoms. The topological polar surface area (TPSA) is 49.4 Å². The van der Waals surface area contributed by atoms with Gasteiger partial charge in [-0.15, -0.1) is 0 Å². The molecule has 0 heterocycles. The van der Waals surface area contributed by atoms with E-state index in [-0.39, 0.29) is 30.8 Å². The third-order valence-electron chi connectivity index (χ3n) is 5.76. The van der Waals surface area contributed by atoms with Gasteiger partial charge in [-0.05, 0) is 49.1 Å². The molecular weight excluding hydrogens is 438 g/mol. The van der Waals surface area contributed by atoms with Crippen LogP contribution in [0.25, 0.3) is 0 Å². The molecule has 166 valence electrons. The first-order valence-electron chi connectivity index (χ1n) is 10.6. The van der Waals surface area contributed by atoms with E-state index < -0.39 is 11.9 Å². The number of halogens is 3. The zero-order chi connectivity index (χ0) is 22.4. The van der Waals surface area contributed by atoms with Crippen molar-refractivity contribution in [1.29, 1.82) is 0 Å². The Balaban J connectivity index is 1.79. The normalized spacial score (nSPS) is 15.4. The van der Waals surface area contributed by atoms with Crippen LogP contribution in [0.4, 0.5) is 4.39 Å². The van der Waals surface area contributed by atoms with Crippen molar-refractivity contribution in [2.45, 2.75) is 64.1 Å². The second-order valence-corrected chi connectivity index (χ2v) is 8.87. The van der Waals surface area contributed by atoms with Crippen LogP contribution in [-0.4, -0.2) is 28.8 Å². The number of amides is 2. The molecule has 1 aliphatic carbocycles. The molecule has 1 N–H and O–H groups in total. The van der Waals surface area contributed by atoms with Crippen LogP contribution in [0.1, 0.15) is 50.2 Å². The van der Waals surface area contributed by atoms with E-state index >= 15 is 0 Å². The van der Waals surface area contributed by atoms with Gasteiger partial charge >= 0.3 is 0 Å². The number of benzene rings is 2. The Bertz CT molecular complexity index is 932. The van der Waals surface area contributed by atoms with Crippen LogP contribution in [0.15, 0.2) is 42.5 Å². The fourth-order valence-corrected chi connectivity index (χ4v) is 4.21. The van der Waals surface area contributed by atoms with Crippen molar-refractivity contribution >= 4 is 35.0 Å². The molecule has 1 fully saturated rings. The van der Waals surface area contributed by atoms with Gasteiger partial charge in [-0.3, -0.25) is 9.59 Å². The molecular formula is C24H27Cl2FN2O2. The minimum absolute atomic E-state index is 0.130. The summed E-state index contributed by atoms with van der Waals surface area (Å²) in [6.45, 7) is 1.87. The predicted molar refractivity (Wildman–Crippen MR) is 122 cm³/mol. The van der Waals surface area contributed by atoms with Gasteiger partial charge in [0.1, 0.15) is 11.9 Å². The molecule has 31 heavy (non-hydrogen) atoms. The highest BCUT2D eigenvalue weighted by Crippen LogP contribution is 2.24. The first-order chi connectivity index (χ1) is 14.8. The van der Waals surface area contributed by atoms with Crippen LogP contribution in [0.2, 0.25) is 10.0 Å². The third-order valence-corrected chi connectivity index (χ3v) is 6.49. The monoisotopic (exact) mass is 464 g/mol. The van der Waals surface area contributed by atoms with E-state index in [9.17, 15) is 14.0 Å². The molecule has 1 saturated carbocycles. The Kier molecular flexibility index (Phi) is 8.33. The lowest BCUT2D eigenvalue weighted by Crippen LogP contribution is -2.50. The third kappa shape index (κ3) is 6.44. The van der Waals surface area contributed by atoms with E-state index in [1.165, 1.54) is 17.4 Å². The fourth-order valence-electron chi connectivity index (χ4n) is 3.89. The van der Waals surface area contributed by atoms with Crippen LogP contribution in [0.3, 0.4) is 0 Å². The molecule has 0 aromatic heterocycles. The average molecular weight is 465 g/mol. The maximum absolute atomic E-state index is 14.1. The van der Waals surface area contributed by atoms with Crippen molar-refractivity contribution in [2.24, 2.45) is 0 Å². The lowest BCUT2D eigenvalue weighted by atomic mass is 9.95. The van der Waals surface area contributed by atoms with E-state index in [4.69, 9.17) is 23.2 Å². The summed E-state index contributed by atoms with van der Waals surface area (Å²) in [5, 5.41) is 3.87. The summed E-state index contributed by atoms with van der Waals surface area (Å²) in [5.74, 6) is -0.971. The molecule has 0 radical (unpaired) electrons. The van der Waals surface area contributed by atoms with Crippen molar-refractivity contribution in [2.75, 3.05) is 0 Å². The minimum atomic E-state index is -0.712. The van der Waals surface area contributed by atoms with E-state index in [1.54, 1.807) is 43.3 Å². The number of rotatable bonds is 7. The van der Waals surface area contributed by atoms with E-state index in [0.717, 1.165) is 31.2 Å². The Morgan fingerprint density at radius 1 is 1.10 bits per heavy atom. The predicted octanol–water partition coefficient (Wildman–Crippen LogP) is 5.54. The molecule has 2 aromatic rings. The van der Waals surface area contributed by atoms with Gasteiger partial charge in [0, 0.05) is 12.6 Å². The Labute approximate surface area is 192 Å². The number of carbonyl (C=O) groups is 2. The first-order valence-corrected chi connectivity index (χ1v) is 11.4. The van der Waals surface area contributed by atoms with Crippen molar-refractivity contribution in [3.63, 3.8) is 0 Å². The first kappa shape index (κ1) is 23.6. The number of hydrogen-bond acceptors (Lipinski definition) is 2. The van der Waals surface area contributed by atoms with Crippen LogP contribution in [-0.2, 0) is 22.6 Å². The quantitative estimate of drug-likeness (QED) is 0.584. The van der Waals surface area contributed by atoms with E-state index in [1.807, 2.05) is 0 Å². The van der Waals surface area contributed by atoms with Gasteiger partial charge in [-0.2, -0.15) is 0 Å². The van der Waals surface area contributed by atoms with Crippen molar-refractivity contribution in [3.05, 3.63) is 69.5 Å². The maximum Gasteiger partial charge on any atom is 0.242 e. The standard InChI is InChI=1S/C24H27Cl2FN2O2/c1-16(24(31)28-19-8-3-2-4-9-19)29(15-17-11-12-20(25)21(26)13-17)23(30)14-18-7-5-6-10-22(18)27/h5-7,10-13,16,19H,2-4,8-9,14-15H2,1H3,(H,28,31)/t16-/m0/s1. The Morgan fingerprint density at radius 3 is 2.48 bits per heavy atom. The molecule has 0 saturated heterocycles. The van der Waals surface area contributed by atoms with Crippen LogP contribution < -0.4 is 5.32 Å².